The Morgan fingerprint density at radius 1 is 1.00 bits per heavy atom. The van der Waals surface area contributed by atoms with E-state index in [-0.39, 0.29) is 41.9 Å². The summed E-state index contributed by atoms with van der Waals surface area (Å²) < 4.78 is 40.2. The van der Waals surface area contributed by atoms with Gasteiger partial charge in [-0.1, -0.05) is 24.3 Å². The zero-order valence-electron chi connectivity index (χ0n) is 16.2. The number of sulfonamides is 1. The number of Topliss-reactive ketones (excluding diaryl/α,β-unsaturated/α-hetero) is 1. The first-order valence-electron chi connectivity index (χ1n) is 9.41. The Morgan fingerprint density at radius 2 is 1.66 bits per heavy atom. The van der Waals surface area contributed by atoms with Gasteiger partial charge in [-0.15, -0.1) is 0 Å². The van der Waals surface area contributed by atoms with Gasteiger partial charge in [0.25, 0.3) is 0 Å². The highest BCUT2D eigenvalue weighted by molar-refractivity contribution is 7.89. The van der Waals surface area contributed by atoms with Crippen LogP contribution in [0.2, 0.25) is 0 Å². The van der Waals surface area contributed by atoms with Gasteiger partial charge in [-0.2, -0.15) is 4.31 Å². The predicted octanol–water partition coefficient (Wildman–Crippen LogP) is 2.49. The third-order valence-corrected chi connectivity index (χ3v) is 6.92. The molecule has 154 valence electrons. The van der Waals surface area contributed by atoms with E-state index in [4.69, 9.17) is 0 Å². The first-order chi connectivity index (χ1) is 13.8. The standard InChI is InChI=1S/C21H23FN2O4S/c1-16(25)18-6-8-20(9-7-18)29(27,28)24-13-11-23(12-14-24)21(26)10-5-17-3-2-4-19(22)15-17/h2-4,6-9,15H,5,10-14H2,1H3. The molecule has 8 heteroatoms. The Hall–Kier alpha value is -2.58. The SMILES string of the molecule is CC(=O)c1ccc(S(=O)(=O)N2CCN(C(=O)CCc3cccc(F)c3)CC2)cc1. The molecule has 1 aliphatic rings. The number of carbonyl (C=O) groups excluding carboxylic acids is 2. The lowest BCUT2D eigenvalue weighted by Gasteiger charge is -2.34. The van der Waals surface area contributed by atoms with Crippen LogP contribution < -0.4 is 0 Å². The number of aryl methyl sites for hydroxylation is 1. The lowest BCUT2D eigenvalue weighted by atomic mass is 10.1. The van der Waals surface area contributed by atoms with Crippen molar-refractivity contribution in [2.45, 2.75) is 24.7 Å². The maximum atomic E-state index is 13.2. The van der Waals surface area contributed by atoms with E-state index in [1.807, 2.05) is 0 Å². The number of hydrogen-bond acceptors (Lipinski definition) is 4. The molecule has 2 aromatic rings. The molecule has 3 rings (SSSR count). The highest BCUT2D eigenvalue weighted by Crippen LogP contribution is 2.19. The van der Waals surface area contributed by atoms with Crippen LogP contribution in [0.15, 0.2) is 53.4 Å². The second-order valence-electron chi connectivity index (χ2n) is 7.00. The molecule has 0 bridgehead atoms. The van der Waals surface area contributed by atoms with Crippen molar-refractivity contribution in [3.05, 3.63) is 65.5 Å². The second-order valence-corrected chi connectivity index (χ2v) is 8.93. The van der Waals surface area contributed by atoms with Gasteiger partial charge in [0, 0.05) is 38.2 Å². The molecule has 0 aliphatic carbocycles. The van der Waals surface area contributed by atoms with E-state index in [2.05, 4.69) is 0 Å². The number of ketones is 1. The first kappa shape index (κ1) is 21.1. The molecular weight excluding hydrogens is 395 g/mol. The largest absolute Gasteiger partial charge is 0.340 e. The number of halogens is 1. The number of nitrogens with zero attached hydrogens (tertiary/aromatic N) is 2. The molecule has 29 heavy (non-hydrogen) atoms. The van der Waals surface area contributed by atoms with Crippen LogP contribution in [0.3, 0.4) is 0 Å². The molecule has 0 saturated carbocycles. The van der Waals surface area contributed by atoms with Crippen LogP contribution in [0.5, 0.6) is 0 Å². The third kappa shape index (κ3) is 5.07. The van der Waals surface area contributed by atoms with Crippen molar-refractivity contribution in [2.24, 2.45) is 0 Å². The number of piperazine rings is 1. The fraction of sp³-hybridized carbons (Fsp3) is 0.333. The lowest BCUT2D eigenvalue weighted by Crippen LogP contribution is -2.50. The van der Waals surface area contributed by atoms with E-state index in [0.29, 0.717) is 25.1 Å². The molecule has 1 heterocycles. The molecule has 1 fully saturated rings. The van der Waals surface area contributed by atoms with Crippen molar-refractivity contribution >= 4 is 21.7 Å². The predicted molar refractivity (Wildman–Crippen MR) is 107 cm³/mol. The van der Waals surface area contributed by atoms with Crippen LogP contribution in [0, 0.1) is 5.82 Å². The summed E-state index contributed by atoms with van der Waals surface area (Å²) in [6.07, 6.45) is 0.695. The van der Waals surface area contributed by atoms with Gasteiger partial charge >= 0.3 is 0 Å². The van der Waals surface area contributed by atoms with Crippen LogP contribution in [0.4, 0.5) is 4.39 Å². The molecule has 6 nitrogen and oxygen atoms in total. The molecule has 1 saturated heterocycles. The molecule has 0 aromatic heterocycles. The summed E-state index contributed by atoms with van der Waals surface area (Å²) in [5.41, 5.74) is 1.21. The summed E-state index contributed by atoms with van der Waals surface area (Å²) in [4.78, 5) is 25.5. The molecule has 2 aromatic carbocycles. The van der Waals surface area contributed by atoms with Gasteiger partial charge in [0.05, 0.1) is 4.90 Å². The minimum atomic E-state index is -3.67. The molecule has 0 radical (unpaired) electrons. The fourth-order valence-corrected chi connectivity index (χ4v) is 4.71. The van der Waals surface area contributed by atoms with Crippen LogP contribution in [0.1, 0.15) is 29.3 Å². The van der Waals surface area contributed by atoms with Crippen LogP contribution in [-0.4, -0.2) is 55.5 Å². The van der Waals surface area contributed by atoms with Crippen molar-refractivity contribution in [3.63, 3.8) is 0 Å². The fourth-order valence-electron chi connectivity index (χ4n) is 3.29. The zero-order valence-corrected chi connectivity index (χ0v) is 17.0. The highest BCUT2D eigenvalue weighted by Gasteiger charge is 2.30. The molecule has 1 aliphatic heterocycles. The summed E-state index contributed by atoms with van der Waals surface area (Å²) in [5, 5.41) is 0. The van der Waals surface area contributed by atoms with Crippen LogP contribution in [0.25, 0.3) is 0 Å². The van der Waals surface area contributed by atoms with Gasteiger partial charge in [0.15, 0.2) is 5.78 Å². The summed E-state index contributed by atoms with van der Waals surface area (Å²) in [6, 6.07) is 12.0. The zero-order chi connectivity index (χ0) is 21.0. The summed E-state index contributed by atoms with van der Waals surface area (Å²) in [5.74, 6) is -0.526. The maximum absolute atomic E-state index is 13.2. The van der Waals surface area contributed by atoms with E-state index >= 15 is 0 Å². The van der Waals surface area contributed by atoms with Crippen molar-refractivity contribution in [1.29, 1.82) is 0 Å². The summed E-state index contributed by atoms with van der Waals surface area (Å²) in [7, 11) is -3.67. The van der Waals surface area contributed by atoms with Crippen molar-refractivity contribution < 1.29 is 22.4 Å². The van der Waals surface area contributed by atoms with Crippen molar-refractivity contribution in [1.82, 2.24) is 9.21 Å². The Labute approximate surface area is 170 Å². The minimum absolute atomic E-state index is 0.0721. The number of benzene rings is 2. The molecule has 0 atom stereocenters. The smallest absolute Gasteiger partial charge is 0.243 e. The Morgan fingerprint density at radius 3 is 2.24 bits per heavy atom. The topological polar surface area (TPSA) is 74.8 Å². The number of rotatable bonds is 6. The third-order valence-electron chi connectivity index (χ3n) is 5.01. The molecule has 0 unspecified atom stereocenters. The van der Waals surface area contributed by atoms with Gasteiger partial charge in [-0.05, 0) is 43.2 Å². The Balaban J connectivity index is 1.56. The van der Waals surface area contributed by atoms with Gasteiger partial charge in [0.1, 0.15) is 5.82 Å². The number of hydrogen-bond donors (Lipinski definition) is 0. The Bertz CT molecular complexity index is 998. The van der Waals surface area contributed by atoms with Crippen molar-refractivity contribution in [2.75, 3.05) is 26.2 Å². The molecule has 0 spiro atoms. The average molecular weight is 418 g/mol. The summed E-state index contributed by atoms with van der Waals surface area (Å²) >= 11 is 0. The Kier molecular flexibility index (Phi) is 6.44. The normalized spacial score (nSPS) is 15.3. The maximum Gasteiger partial charge on any atom is 0.243 e. The van der Waals surface area contributed by atoms with Crippen LogP contribution >= 0.6 is 0 Å². The highest BCUT2D eigenvalue weighted by atomic mass is 32.2. The van der Waals surface area contributed by atoms with E-state index in [9.17, 15) is 22.4 Å². The lowest BCUT2D eigenvalue weighted by molar-refractivity contribution is -0.132. The number of carbonyl (C=O) groups is 2. The van der Waals surface area contributed by atoms with Gasteiger partial charge < -0.3 is 4.90 Å². The van der Waals surface area contributed by atoms with E-state index in [1.54, 1.807) is 17.0 Å². The average Bonchev–Trinajstić information content (AvgIpc) is 2.72. The first-order valence-corrected chi connectivity index (χ1v) is 10.8. The number of amides is 1. The minimum Gasteiger partial charge on any atom is -0.340 e. The second kappa shape index (κ2) is 8.84. The van der Waals surface area contributed by atoms with Crippen molar-refractivity contribution in [3.8, 4) is 0 Å². The van der Waals surface area contributed by atoms with E-state index in [0.717, 1.165) is 5.56 Å². The monoisotopic (exact) mass is 418 g/mol. The quantitative estimate of drug-likeness (QED) is 0.676. The van der Waals surface area contributed by atoms with E-state index < -0.39 is 10.0 Å². The van der Waals surface area contributed by atoms with Crippen LogP contribution in [-0.2, 0) is 21.2 Å². The summed E-state index contributed by atoms with van der Waals surface area (Å²) in [6.45, 7) is 2.47. The molecular formula is C21H23FN2O4S. The van der Waals surface area contributed by atoms with E-state index in [1.165, 1.54) is 47.6 Å². The van der Waals surface area contributed by atoms with Gasteiger partial charge in [-0.3, -0.25) is 9.59 Å². The van der Waals surface area contributed by atoms with Gasteiger partial charge in [0.2, 0.25) is 15.9 Å². The van der Waals surface area contributed by atoms with Gasteiger partial charge in [-0.25, -0.2) is 12.8 Å². The molecule has 0 N–H and O–H groups in total. The molecule has 1 amide bonds.